The van der Waals surface area contributed by atoms with Crippen molar-refractivity contribution in [2.45, 2.75) is 6.92 Å². The summed E-state index contributed by atoms with van der Waals surface area (Å²) in [6.07, 6.45) is 1.92. The van der Waals surface area contributed by atoms with Crippen molar-refractivity contribution in [3.63, 3.8) is 0 Å². The average molecular weight is 117 g/mol. The van der Waals surface area contributed by atoms with Gasteiger partial charge in [-0.05, 0) is 5.75 Å². The molecular formula is C5H11NS. The number of hydrogen-bond acceptors (Lipinski definition) is 2. The van der Waals surface area contributed by atoms with Crippen LogP contribution in [0.3, 0.4) is 0 Å². The molecule has 0 rings (SSSR count). The van der Waals surface area contributed by atoms with E-state index in [-0.39, 0.29) is 0 Å². The van der Waals surface area contributed by atoms with Crippen molar-refractivity contribution >= 4 is 18.0 Å². The van der Waals surface area contributed by atoms with Gasteiger partial charge < -0.3 is 0 Å². The molecule has 0 aliphatic carbocycles. The van der Waals surface area contributed by atoms with Crippen molar-refractivity contribution in [1.82, 2.24) is 0 Å². The van der Waals surface area contributed by atoms with Crippen molar-refractivity contribution in [1.29, 1.82) is 0 Å². The molecule has 2 heteroatoms. The van der Waals surface area contributed by atoms with E-state index in [1.807, 2.05) is 18.0 Å². The fourth-order valence-corrected chi connectivity index (χ4v) is 0.735. The summed E-state index contributed by atoms with van der Waals surface area (Å²) in [6.45, 7) is 2.15. The highest BCUT2D eigenvalue weighted by molar-refractivity contribution is 7.99. The Hall–Kier alpha value is 0.0200. The van der Waals surface area contributed by atoms with Gasteiger partial charge in [0.15, 0.2) is 0 Å². The minimum atomic E-state index is 1.06. The summed E-state index contributed by atoms with van der Waals surface area (Å²) in [5.41, 5.74) is 0. The molecule has 0 fully saturated rings. The second kappa shape index (κ2) is 6.02. The van der Waals surface area contributed by atoms with E-state index in [1.165, 1.54) is 5.75 Å². The van der Waals surface area contributed by atoms with Crippen LogP contribution in [0.1, 0.15) is 6.92 Å². The molecule has 7 heavy (non-hydrogen) atoms. The third-order valence-electron chi connectivity index (χ3n) is 0.579. The molecule has 0 saturated carbocycles. The minimum Gasteiger partial charge on any atom is -0.300 e. The van der Waals surface area contributed by atoms with Crippen LogP contribution in [0, 0.1) is 0 Å². The Kier molecular flexibility index (Phi) is 6.04. The zero-order chi connectivity index (χ0) is 5.54. The molecule has 0 radical (unpaired) electrons. The second-order valence-corrected chi connectivity index (χ2v) is 2.42. The molecule has 0 aromatic heterocycles. The van der Waals surface area contributed by atoms with Crippen molar-refractivity contribution < 1.29 is 0 Å². The quantitative estimate of drug-likeness (QED) is 0.402. The summed E-state index contributed by atoms with van der Waals surface area (Å²) in [7, 11) is 1.80. The molecular weight excluding hydrogens is 106 g/mol. The Morgan fingerprint density at radius 3 is 2.86 bits per heavy atom. The van der Waals surface area contributed by atoms with Gasteiger partial charge in [0, 0.05) is 19.0 Å². The van der Waals surface area contributed by atoms with Gasteiger partial charge in [-0.2, -0.15) is 11.8 Å². The summed E-state index contributed by atoms with van der Waals surface area (Å²) in [5.74, 6) is 2.25. The number of thioether (sulfide) groups is 1. The Labute approximate surface area is 49.2 Å². The van der Waals surface area contributed by atoms with Gasteiger partial charge in [0.25, 0.3) is 0 Å². The van der Waals surface area contributed by atoms with E-state index in [4.69, 9.17) is 0 Å². The van der Waals surface area contributed by atoms with E-state index >= 15 is 0 Å². The zero-order valence-corrected chi connectivity index (χ0v) is 5.66. The molecule has 0 saturated heterocycles. The molecule has 0 unspecified atom stereocenters. The van der Waals surface area contributed by atoms with E-state index in [1.54, 1.807) is 7.05 Å². The van der Waals surface area contributed by atoms with Gasteiger partial charge in [-0.15, -0.1) is 0 Å². The van der Waals surface area contributed by atoms with Crippen LogP contribution in [-0.2, 0) is 0 Å². The fraction of sp³-hybridized carbons (Fsp3) is 0.800. The van der Waals surface area contributed by atoms with Crippen LogP contribution < -0.4 is 0 Å². The highest BCUT2D eigenvalue weighted by Crippen LogP contribution is 1.93. The molecule has 0 heterocycles. The average Bonchev–Trinajstić information content (AvgIpc) is 1.69. The van der Waals surface area contributed by atoms with Gasteiger partial charge in [-0.1, -0.05) is 6.92 Å². The summed E-state index contributed by atoms with van der Waals surface area (Å²) < 4.78 is 0. The number of nitrogens with zero attached hydrogens (tertiary/aromatic N) is 1. The smallest absolute Gasteiger partial charge is 0.0283 e. The third kappa shape index (κ3) is 6.02. The van der Waals surface area contributed by atoms with Crippen molar-refractivity contribution in [2.24, 2.45) is 4.99 Å². The van der Waals surface area contributed by atoms with Crippen LogP contribution in [0.4, 0.5) is 0 Å². The monoisotopic (exact) mass is 117 g/mol. The van der Waals surface area contributed by atoms with E-state index in [9.17, 15) is 0 Å². The SMILES string of the molecule is CCSCC=NC. The lowest BCUT2D eigenvalue weighted by molar-refractivity contribution is 1.46. The normalized spacial score (nSPS) is 10.6. The maximum absolute atomic E-state index is 3.83. The number of rotatable bonds is 3. The molecule has 0 aliphatic rings. The van der Waals surface area contributed by atoms with E-state index in [2.05, 4.69) is 11.9 Å². The van der Waals surface area contributed by atoms with Crippen LogP contribution in [0.15, 0.2) is 4.99 Å². The van der Waals surface area contributed by atoms with Crippen LogP contribution in [0.2, 0.25) is 0 Å². The summed E-state index contributed by atoms with van der Waals surface area (Å²) in [5, 5.41) is 0. The lowest BCUT2D eigenvalue weighted by atomic mass is 10.9. The van der Waals surface area contributed by atoms with Crippen molar-refractivity contribution in [2.75, 3.05) is 18.6 Å². The van der Waals surface area contributed by atoms with Crippen LogP contribution >= 0.6 is 11.8 Å². The van der Waals surface area contributed by atoms with Gasteiger partial charge in [-0.25, -0.2) is 0 Å². The number of hydrogen-bond donors (Lipinski definition) is 0. The minimum absolute atomic E-state index is 1.06. The largest absolute Gasteiger partial charge is 0.300 e. The predicted molar refractivity (Wildman–Crippen MR) is 37.4 cm³/mol. The molecule has 0 N–H and O–H groups in total. The van der Waals surface area contributed by atoms with Crippen LogP contribution in [0.5, 0.6) is 0 Å². The molecule has 0 bridgehead atoms. The summed E-state index contributed by atoms with van der Waals surface area (Å²) in [4.78, 5) is 3.83. The Bertz CT molecular complexity index is 52.0. The summed E-state index contributed by atoms with van der Waals surface area (Å²) in [6, 6.07) is 0. The first kappa shape index (κ1) is 7.02. The van der Waals surface area contributed by atoms with Gasteiger partial charge in [0.1, 0.15) is 0 Å². The molecule has 1 nitrogen and oxygen atoms in total. The van der Waals surface area contributed by atoms with Gasteiger partial charge in [0.05, 0.1) is 0 Å². The van der Waals surface area contributed by atoms with E-state index < -0.39 is 0 Å². The van der Waals surface area contributed by atoms with Gasteiger partial charge in [-0.3, -0.25) is 4.99 Å². The molecule has 0 aromatic carbocycles. The van der Waals surface area contributed by atoms with E-state index in [0.717, 1.165) is 5.75 Å². The highest BCUT2D eigenvalue weighted by Gasteiger charge is 1.73. The predicted octanol–water partition coefficient (Wildman–Crippen LogP) is 1.44. The van der Waals surface area contributed by atoms with Crippen molar-refractivity contribution in [3.05, 3.63) is 0 Å². The third-order valence-corrected chi connectivity index (χ3v) is 1.37. The fourth-order valence-electron chi connectivity index (χ4n) is 0.245. The molecule has 0 spiro atoms. The first-order valence-corrected chi connectivity index (χ1v) is 3.55. The van der Waals surface area contributed by atoms with Crippen LogP contribution in [-0.4, -0.2) is 24.8 Å². The summed E-state index contributed by atoms with van der Waals surface area (Å²) >= 11 is 1.88. The second-order valence-electron chi connectivity index (χ2n) is 1.10. The Morgan fingerprint density at radius 2 is 2.43 bits per heavy atom. The highest BCUT2D eigenvalue weighted by atomic mass is 32.2. The Morgan fingerprint density at radius 1 is 1.71 bits per heavy atom. The van der Waals surface area contributed by atoms with E-state index in [0.29, 0.717) is 0 Å². The molecule has 0 amide bonds. The lowest BCUT2D eigenvalue weighted by Gasteiger charge is -1.84. The topological polar surface area (TPSA) is 12.4 Å². The van der Waals surface area contributed by atoms with Crippen molar-refractivity contribution in [3.8, 4) is 0 Å². The van der Waals surface area contributed by atoms with Crippen LogP contribution in [0.25, 0.3) is 0 Å². The Balaban J connectivity index is 2.69. The maximum Gasteiger partial charge on any atom is 0.0283 e. The first-order valence-electron chi connectivity index (χ1n) is 2.40. The van der Waals surface area contributed by atoms with Gasteiger partial charge >= 0.3 is 0 Å². The molecule has 0 atom stereocenters. The number of aliphatic imine (C=N–C) groups is 1. The lowest BCUT2D eigenvalue weighted by Crippen LogP contribution is -1.77. The molecule has 0 aromatic rings. The van der Waals surface area contributed by atoms with Gasteiger partial charge in [0.2, 0.25) is 0 Å². The molecule has 0 aliphatic heterocycles. The molecule has 42 valence electrons. The maximum atomic E-state index is 3.83. The zero-order valence-electron chi connectivity index (χ0n) is 4.85. The first-order chi connectivity index (χ1) is 3.41. The standard InChI is InChI=1S/C5H11NS/c1-3-7-5-4-6-2/h4H,3,5H2,1-2H3.